The molecule has 0 aliphatic rings. The van der Waals surface area contributed by atoms with Crippen LogP contribution in [0.2, 0.25) is 5.02 Å². The van der Waals surface area contributed by atoms with E-state index in [1.165, 1.54) is 11.8 Å². The van der Waals surface area contributed by atoms with E-state index in [0.717, 1.165) is 15.4 Å². The Morgan fingerprint density at radius 3 is 2.67 bits per heavy atom. The number of benzene rings is 2. The number of hydrogen-bond donors (Lipinski definition) is 1. The fourth-order valence-corrected chi connectivity index (χ4v) is 3.92. The quantitative estimate of drug-likeness (QED) is 0.501. The Bertz CT molecular complexity index is 913. The molecule has 27 heavy (non-hydrogen) atoms. The van der Waals surface area contributed by atoms with Gasteiger partial charge < -0.3 is 4.42 Å². The van der Waals surface area contributed by atoms with Gasteiger partial charge in [0.1, 0.15) is 0 Å². The standard InChI is InChI=1S/C19H18ClN3O2S2/c1-12(2)27-16-5-3-4-13(10-16)18-22-23-19(25-18)21-17(24)11-26-15-8-6-14(20)7-9-15/h3-10,12H,11H2,1-2H3,(H,21,23,24). The average Bonchev–Trinajstić information content (AvgIpc) is 3.09. The van der Waals surface area contributed by atoms with Crippen molar-refractivity contribution < 1.29 is 9.21 Å². The second-order valence-electron chi connectivity index (χ2n) is 5.90. The Kier molecular flexibility index (Phi) is 6.82. The fourth-order valence-electron chi connectivity index (χ4n) is 2.20. The number of anilines is 1. The lowest BCUT2D eigenvalue weighted by molar-refractivity contribution is -0.113. The predicted octanol–water partition coefficient (Wildman–Crippen LogP) is 5.62. The molecule has 5 nitrogen and oxygen atoms in total. The molecule has 0 radical (unpaired) electrons. The molecule has 140 valence electrons. The van der Waals surface area contributed by atoms with Gasteiger partial charge in [0.15, 0.2) is 0 Å². The maximum absolute atomic E-state index is 12.1. The Morgan fingerprint density at radius 1 is 1.15 bits per heavy atom. The van der Waals surface area contributed by atoms with Crippen LogP contribution in [0.25, 0.3) is 11.5 Å². The van der Waals surface area contributed by atoms with Crippen molar-refractivity contribution in [2.24, 2.45) is 0 Å². The van der Waals surface area contributed by atoms with E-state index in [9.17, 15) is 4.79 Å². The Morgan fingerprint density at radius 2 is 1.93 bits per heavy atom. The SMILES string of the molecule is CC(C)Sc1cccc(-c2nnc(NC(=O)CSc3ccc(Cl)cc3)o2)c1. The molecule has 0 spiro atoms. The number of hydrogen-bond acceptors (Lipinski definition) is 6. The van der Waals surface area contributed by atoms with Crippen molar-refractivity contribution in [2.75, 3.05) is 11.1 Å². The molecule has 3 aromatic rings. The summed E-state index contributed by atoms with van der Waals surface area (Å²) in [5, 5.41) is 11.7. The summed E-state index contributed by atoms with van der Waals surface area (Å²) in [5.74, 6) is 0.399. The van der Waals surface area contributed by atoms with Gasteiger partial charge >= 0.3 is 6.01 Å². The van der Waals surface area contributed by atoms with Crippen molar-refractivity contribution in [1.29, 1.82) is 0 Å². The van der Waals surface area contributed by atoms with E-state index in [0.29, 0.717) is 16.2 Å². The Hall–Kier alpha value is -1.96. The van der Waals surface area contributed by atoms with E-state index < -0.39 is 0 Å². The zero-order valence-corrected chi connectivity index (χ0v) is 17.2. The highest BCUT2D eigenvalue weighted by Crippen LogP contribution is 2.28. The minimum absolute atomic E-state index is 0.0913. The van der Waals surface area contributed by atoms with Gasteiger partial charge in [-0.05, 0) is 42.5 Å². The van der Waals surface area contributed by atoms with Crippen molar-refractivity contribution in [3.8, 4) is 11.5 Å². The highest BCUT2D eigenvalue weighted by Gasteiger charge is 2.12. The van der Waals surface area contributed by atoms with E-state index in [4.69, 9.17) is 16.0 Å². The average molecular weight is 420 g/mol. The molecule has 0 saturated heterocycles. The first-order valence-electron chi connectivity index (χ1n) is 8.28. The zero-order chi connectivity index (χ0) is 19.2. The summed E-state index contributed by atoms with van der Waals surface area (Å²) in [7, 11) is 0. The molecule has 0 unspecified atom stereocenters. The lowest BCUT2D eigenvalue weighted by Crippen LogP contribution is -2.14. The monoisotopic (exact) mass is 419 g/mol. The van der Waals surface area contributed by atoms with E-state index >= 15 is 0 Å². The van der Waals surface area contributed by atoms with Crippen LogP contribution < -0.4 is 5.32 Å². The first-order chi connectivity index (χ1) is 13.0. The summed E-state index contributed by atoms with van der Waals surface area (Å²) in [4.78, 5) is 14.2. The highest BCUT2D eigenvalue weighted by molar-refractivity contribution is 8.00. The number of nitrogens with zero attached hydrogens (tertiary/aromatic N) is 2. The van der Waals surface area contributed by atoms with Gasteiger partial charge in [0.2, 0.25) is 11.8 Å². The Balaban J connectivity index is 1.59. The van der Waals surface area contributed by atoms with Crippen molar-refractivity contribution >= 4 is 47.0 Å². The second kappa shape index (κ2) is 9.30. The minimum atomic E-state index is -0.214. The van der Waals surface area contributed by atoms with Crippen LogP contribution in [0.5, 0.6) is 0 Å². The van der Waals surface area contributed by atoms with E-state index in [2.05, 4.69) is 29.4 Å². The summed E-state index contributed by atoms with van der Waals surface area (Å²) in [6, 6.07) is 15.3. The van der Waals surface area contributed by atoms with Gasteiger partial charge in [0.05, 0.1) is 5.75 Å². The van der Waals surface area contributed by atoms with Crippen LogP contribution in [-0.2, 0) is 4.79 Å². The normalized spacial score (nSPS) is 11.0. The predicted molar refractivity (Wildman–Crippen MR) is 112 cm³/mol. The molecule has 0 bridgehead atoms. The summed E-state index contributed by atoms with van der Waals surface area (Å²) >= 11 is 9.01. The van der Waals surface area contributed by atoms with Crippen LogP contribution in [0.15, 0.2) is 62.7 Å². The number of rotatable bonds is 7. The molecule has 3 rings (SSSR count). The topological polar surface area (TPSA) is 68.0 Å². The summed E-state index contributed by atoms with van der Waals surface area (Å²) in [6.45, 7) is 4.28. The first-order valence-corrected chi connectivity index (χ1v) is 10.5. The molecule has 0 saturated carbocycles. The van der Waals surface area contributed by atoms with Gasteiger partial charge in [-0.3, -0.25) is 10.1 Å². The van der Waals surface area contributed by atoms with Crippen LogP contribution in [0.1, 0.15) is 13.8 Å². The number of nitrogens with one attached hydrogen (secondary N) is 1. The van der Waals surface area contributed by atoms with Crippen LogP contribution in [0, 0.1) is 0 Å². The minimum Gasteiger partial charge on any atom is -0.403 e. The zero-order valence-electron chi connectivity index (χ0n) is 14.8. The number of carbonyl (C=O) groups is 1. The van der Waals surface area contributed by atoms with Gasteiger partial charge in [-0.2, -0.15) is 0 Å². The smallest absolute Gasteiger partial charge is 0.322 e. The van der Waals surface area contributed by atoms with Crippen LogP contribution in [-0.4, -0.2) is 27.1 Å². The van der Waals surface area contributed by atoms with E-state index in [-0.39, 0.29) is 17.7 Å². The van der Waals surface area contributed by atoms with Crippen molar-refractivity contribution in [3.05, 3.63) is 53.6 Å². The van der Waals surface area contributed by atoms with Gasteiger partial charge in [0, 0.05) is 25.6 Å². The second-order valence-corrected chi connectivity index (χ2v) is 9.03. The maximum atomic E-state index is 12.1. The molecule has 0 aliphatic heterocycles. The number of aromatic nitrogens is 2. The van der Waals surface area contributed by atoms with E-state index in [1.54, 1.807) is 23.9 Å². The van der Waals surface area contributed by atoms with Crippen molar-refractivity contribution in [2.45, 2.75) is 28.9 Å². The molecule has 1 N–H and O–H groups in total. The van der Waals surface area contributed by atoms with Gasteiger partial charge in [0.25, 0.3) is 0 Å². The van der Waals surface area contributed by atoms with Crippen LogP contribution >= 0.6 is 35.1 Å². The van der Waals surface area contributed by atoms with Crippen molar-refractivity contribution in [1.82, 2.24) is 10.2 Å². The van der Waals surface area contributed by atoms with Crippen molar-refractivity contribution in [3.63, 3.8) is 0 Å². The third-order valence-corrected chi connectivity index (χ3v) is 5.57. The number of carbonyl (C=O) groups excluding carboxylic acids is 1. The maximum Gasteiger partial charge on any atom is 0.322 e. The molecule has 1 amide bonds. The molecule has 0 aliphatic carbocycles. The summed E-state index contributed by atoms with van der Waals surface area (Å²) < 4.78 is 5.58. The molecule has 0 atom stereocenters. The van der Waals surface area contributed by atoms with Gasteiger partial charge in [-0.25, -0.2) is 0 Å². The third-order valence-electron chi connectivity index (χ3n) is 3.31. The summed E-state index contributed by atoms with van der Waals surface area (Å²) in [6.07, 6.45) is 0. The lowest BCUT2D eigenvalue weighted by atomic mass is 10.2. The molecule has 8 heteroatoms. The lowest BCUT2D eigenvalue weighted by Gasteiger charge is -2.05. The molecular formula is C19H18ClN3O2S2. The third kappa shape index (κ3) is 6.02. The van der Waals surface area contributed by atoms with Gasteiger partial charge in [-0.15, -0.1) is 28.6 Å². The molecular weight excluding hydrogens is 402 g/mol. The number of amides is 1. The molecule has 2 aromatic carbocycles. The largest absolute Gasteiger partial charge is 0.403 e. The van der Waals surface area contributed by atoms with Gasteiger partial charge in [-0.1, -0.05) is 36.6 Å². The van der Waals surface area contributed by atoms with Crippen LogP contribution in [0.3, 0.4) is 0 Å². The number of halogens is 1. The highest BCUT2D eigenvalue weighted by atomic mass is 35.5. The molecule has 1 aromatic heterocycles. The molecule has 0 fully saturated rings. The Labute approximate surface area is 171 Å². The van der Waals surface area contributed by atoms with Crippen LogP contribution in [0.4, 0.5) is 6.01 Å². The first kappa shape index (κ1) is 19.8. The van der Waals surface area contributed by atoms with E-state index in [1.807, 2.05) is 36.4 Å². The summed E-state index contributed by atoms with van der Waals surface area (Å²) in [5.41, 5.74) is 0.823. The fraction of sp³-hybridized carbons (Fsp3) is 0.211. The molecule has 1 heterocycles. The number of thioether (sulfide) groups is 2.